The van der Waals surface area contributed by atoms with Gasteiger partial charge in [-0.1, -0.05) is 38.8 Å². The van der Waals surface area contributed by atoms with E-state index in [0.717, 1.165) is 47.3 Å². The highest BCUT2D eigenvalue weighted by atomic mass is 32.2. The standard InChI is InChI=1S/C38H48N6O7S2/c1-21(2)29-20-52-35(41-29)28-17-32(26-14-15-31(50-4)22(3)33(26)40-28)51-24-16-30-34(45)42-38(37(47)43-53(48,49)25-12-13-25)18-23(38)10-8-6-5-7-9-11-27(39)36(46)44(30)19-24/h8,10,14-15,17,20-21,23-25,27,30H,5-7,9,11-13,16,18-19,39H2,1-4H3,(H,42,45)(H,43,47)/b10-8-/t23-,24+,27-,30-,38+/m0/s1. The number of thiazole rings is 1. The first-order chi connectivity index (χ1) is 25.3. The quantitative estimate of drug-likeness (QED) is 0.277. The number of pyridine rings is 1. The lowest BCUT2D eigenvalue weighted by molar-refractivity contribution is -0.140. The Kier molecular flexibility index (Phi) is 10.3. The second-order valence-corrected chi connectivity index (χ2v) is 17.9. The van der Waals surface area contributed by atoms with E-state index in [4.69, 9.17) is 25.2 Å². The number of methoxy groups -OCH3 is 1. The topological polar surface area (TPSA) is 183 Å². The summed E-state index contributed by atoms with van der Waals surface area (Å²) in [5, 5.41) is 5.82. The number of hydrogen-bond acceptors (Lipinski definition) is 11. The van der Waals surface area contributed by atoms with Crippen LogP contribution in [0.4, 0.5) is 0 Å². The predicted octanol–water partition coefficient (Wildman–Crippen LogP) is 4.48. The molecule has 0 unspecified atom stereocenters. The summed E-state index contributed by atoms with van der Waals surface area (Å²) in [4.78, 5) is 53.2. The third kappa shape index (κ3) is 7.52. The van der Waals surface area contributed by atoms with Gasteiger partial charge in [0.2, 0.25) is 21.8 Å². The number of nitrogens with one attached hydrogen (secondary N) is 2. The van der Waals surface area contributed by atoms with Crippen molar-refractivity contribution in [2.45, 2.75) is 113 Å². The van der Waals surface area contributed by atoms with Gasteiger partial charge in [0.1, 0.15) is 39.9 Å². The minimum atomic E-state index is -3.85. The van der Waals surface area contributed by atoms with Crippen molar-refractivity contribution >= 4 is 50.0 Å². The lowest BCUT2D eigenvalue weighted by Crippen LogP contribution is -2.57. The number of amides is 3. The van der Waals surface area contributed by atoms with Gasteiger partial charge in [0.05, 0.1) is 36.2 Å². The summed E-state index contributed by atoms with van der Waals surface area (Å²) in [5.41, 5.74) is 8.13. The zero-order valence-corrected chi connectivity index (χ0v) is 32.2. The van der Waals surface area contributed by atoms with Crippen LogP contribution < -0.4 is 25.2 Å². The minimum absolute atomic E-state index is 0.0895. The van der Waals surface area contributed by atoms with Crippen molar-refractivity contribution in [2.24, 2.45) is 11.7 Å². The Morgan fingerprint density at radius 2 is 1.92 bits per heavy atom. The summed E-state index contributed by atoms with van der Waals surface area (Å²) in [6.07, 6.45) is 8.38. The Balaban J connectivity index is 1.21. The molecule has 0 radical (unpaired) electrons. The molecule has 3 fully saturated rings. The van der Waals surface area contributed by atoms with E-state index in [1.54, 1.807) is 7.11 Å². The van der Waals surface area contributed by atoms with Crippen LogP contribution in [0.15, 0.2) is 35.7 Å². The molecule has 2 aromatic heterocycles. The first-order valence-electron chi connectivity index (χ1n) is 18.5. The van der Waals surface area contributed by atoms with E-state index in [-0.39, 0.29) is 37.1 Å². The number of carbonyl (C=O) groups is 3. The number of hydrogen-bond donors (Lipinski definition) is 3. The molecule has 4 heterocycles. The monoisotopic (exact) mass is 764 g/mol. The molecule has 2 aliphatic heterocycles. The molecule has 4 N–H and O–H groups in total. The smallest absolute Gasteiger partial charge is 0.259 e. The van der Waals surface area contributed by atoms with Gasteiger partial charge in [-0.3, -0.25) is 19.1 Å². The first kappa shape index (κ1) is 37.2. The zero-order valence-electron chi connectivity index (χ0n) is 30.6. The molecule has 2 aliphatic carbocycles. The van der Waals surface area contributed by atoms with Crippen LogP contribution in [-0.2, 0) is 24.4 Å². The first-order valence-corrected chi connectivity index (χ1v) is 21.0. The average molecular weight is 765 g/mol. The Morgan fingerprint density at radius 3 is 2.64 bits per heavy atom. The molecule has 5 atom stereocenters. The Hall–Kier alpha value is -4.08. The lowest BCUT2D eigenvalue weighted by Gasteiger charge is -2.28. The Labute approximate surface area is 314 Å². The SMILES string of the molecule is COc1ccc2c(O[C@@H]3C[C@H]4C(=O)N[C@]5(C(=O)NS(=O)(=O)C6CC6)C[C@@H]5/C=C\CCCCC[C@H](N)C(=O)N4C3)cc(-c3nc(C(C)C)cs3)nc2c1C. The summed E-state index contributed by atoms with van der Waals surface area (Å²) in [5.74, 6) is -0.601. The summed E-state index contributed by atoms with van der Waals surface area (Å²) in [6.45, 7) is 6.19. The Bertz CT molecular complexity index is 2060. The van der Waals surface area contributed by atoms with Gasteiger partial charge in [0, 0.05) is 34.7 Å². The van der Waals surface area contributed by atoms with E-state index in [0.29, 0.717) is 42.0 Å². The molecule has 3 amide bonds. The molecule has 1 saturated heterocycles. The van der Waals surface area contributed by atoms with Gasteiger partial charge >= 0.3 is 0 Å². The molecule has 13 nitrogen and oxygen atoms in total. The van der Waals surface area contributed by atoms with Crippen LogP contribution in [0.2, 0.25) is 0 Å². The highest BCUT2D eigenvalue weighted by Crippen LogP contribution is 2.46. The minimum Gasteiger partial charge on any atom is -0.496 e. The van der Waals surface area contributed by atoms with Crippen LogP contribution in [0, 0.1) is 12.8 Å². The van der Waals surface area contributed by atoms with E-state index in [1.165, 1.54) is 16.2 Å². The van der Waals surface area contributed by atoms with Crippen molar-refractivity contribution in [3.63, 3.8) is 0 Å². The average Bonchev–Trinajstić information content (AvgIpc) is 4.00. The second-order valence-electron chi connectivity index (χ2n) is 15.1. The van der Waals surface area contributed by atoms with Crippen molar-refractivity contribution < 1.29 is 32.3 Å². The van der Waals surface area contributed by atoms with Crippen molar-refractivity contribution in [3.05, 3.63) is 47.0 Å². The molecule has 284 valence electrons. The molecule has 7 rings (SSSR count). The van der Waals surface area contributed by atoms with Crippen LogP contribution in [0.1, 0.15) is 88.8 Å². The molecule has 15 heteroatoms. The molecule has 0 spiro atoms. The molecule has 1 aromatic carbocycles. The van der Waals surface area contributed by atoms with Crippen molar-refractivity contribution in [3.8, 4) is 22.2 Å². The van der Waals surface area contributed by atoms with Crippen LogP contribution in [-0.4, -0.2) is 83.6 Å². The number of aryl methyl sites for hydroxylation is 1. The fraction of sp³-hybridized carbons (Fsp3) is 0.553. The summed E-state index contributed by atoms with van der Waals surface area (Å²) >= 11 is 1.50. The molecular weight excluding hydrogens is 717 g/mol. The normalized spacial score (nSPS) is 27.3. The predicted molar refractivity (Wildman–Crippen MR) is 202 cm³/mol. The number of ether oxygens (including phenoxy) is 2. The Morgan fingerprint density at radius 1 is 1.13 bits per heavy atom. The number of rotatable bonds is 8. The van der Waals surface area contributed by atoms with E-state index in [1.807, 2.05) is 42.7 Å². The fourth-order valence-electron chi connectivity index (χ4n) is 7.40. The summed E-state index contributed by atoms with van der Waals surface area (Å²) < 4.78 is 40.2. The van der Waals surface area contributed by atoms with Gasteiger partial charge < -0.3 is 25.4 Å². The number of nitrogens with zero attached hydrogens (tertiary/aromatic N) is 3. The highest BCUT2D eigenvalue weighted by Gasteiger charge is 2.62. The molecule has 4 aliphatic rings. The van der Waals surface area contributed by atoms with Gasteiger partial charge in [-0.2, -0.15) is 0 Å². The number of nitrogens with two attached hydrogens (primary N) is 1. The van der Waals surface area contributed by atoms with E-state index in [2.05, 4.69) is 23.9 Å². The molecule has 2 saturated carbocycles. The van der Waals surface area contributed by atoms with Crippen LogP contribution in [0.25, 0.3) is 21.6 Å². The maximum Gasteiger partial charge on any atom is 0.259 e. The van der Waals surface area contributed by atoms with Crippen molar-refractivity contribution in [2.75, 3.05) is 13.7 Å². The molecule has 0 bridgehead atoms. The van der Waals surface area contributed by atoms with E-state index >= 15 is 0 Å². The maximum absolute atomic E-state index is 14.3. The molecular formula is C38H48N6O7S2. The fourth-order valence-corrected chi connectivity index (χ4v) is 9.70. The third-order valence-electron chi connectivity index (χ3n) is 10.9. The third-order valence-corrected chi connectivity index (χ3v) is 13.6. The van der Waals surface area contributed by atoms with E-state index in [9.17, 15) is 22.8 Å². The summed E-state index contributed by atoms with van der Waals surface area (Å²) in [7, 11) is -2.24. The number of benzene rings is 1. The number of allylic oxidation sites excluding steroid dienone is 1. The van der Waals surface area contributed by atoms with E-state index < -0.39 is 50.8 Å². The van der Waals surface area contributed by atoms with Crippen molar-refractivity contribution in [1.82, 2.24) is 24.9 Å². The lowest BCUT2D eigenvalue weighted by atomic mass is 10.1. The number of carbonyl (C=O) groups excluding carboxylic acids is 3. The molecule has 3 aromatic rings. The van der Waals surface area contributed by atoms with Crippen LogP contribution in [0.5, 0.6) is 11.5 Å². The van der Waals surface area contributed by atoms with Gasteiger partial charge in [-0.25, -0.2) is 18.4 Å². The number of aromatic nitrogens is 2. The van der Waals surface area contributed by atoms with Gasteiger partial charge in [0.15, 0.2) is 0 Å². The van der Waals surface area contributed by atoms with Gasteiger partial charge in [-0.15, -0.1) is 11.3 Å². The van der Waals surface area contributed by atoms with Crippen molar-refractivity contribution in [1.29, 1.82) is 0 Å². The largest absolute Gasteiger partial charge is 0.496 e. The number of sulfonamides is 1. The van der Waals surface area contributed by atoms with Crippen LogP contribution >= 0.6 is 11.3 Å². The maximum atomic E-state index is 14.3. The van der Waals surface area contributed by atoms with Gasteiger partial charge in [0.25, 0.3) is 5.91 Å². The van der Waals surface area contributed by atoms with Crippen LogP contribution in [0.3, 0.4) is 0 Å². The molecule has 53 heavy (non-hydrogen) atoms. The van der Waals surface area contributed by atoms with Gasteiger partial charge in [-0.05, 0) is 63.5 Å². The summed E-state index contributed by atoms with van der Waals surface area (Å²) in [6, 6.07) is 3.77. The highest BCUT2D eigenvalue weighted by molar-refractivity contribution is 7.91. The zero-order chi connectivity index (χ0) is 37.7. The number of fused-ring (bicyclic) bond motifs is 3. The second kappa shape index (κ2) is 14.6.